The quantitative estimate of drug-likeness (QED) is 0.835. The van der Waals surface area contributed by atoms with Crippen molar-refractivity contribution in [1.29, 1.82) is 0 Å². The zero-order valence-electron chi connectivity index (χ0n) is 15.8. The van der Waals surface area contributed by atoms with E-state index in [0.717, 1.165) is 12.1 Å². The van der Waals surface area contributed by atoms with Crippen molar-refractivity contribution in [2.45, 2.75) is 20.3 Å². The summed E-state index contributed by atoms with van der Waals surface area (Å²) in [6.07, 6.45) is 2.16. The molecule has 0 bridgehead atoms. The van der Waals surface area contributed by atoms with Gasteiger partial charge in [-0.1, -0.05) is 25.1 Å². The lowest BCUT2D eigenvalue weighted by atomic mass is 10.1. The molecule has 3 N–H and O–H groups in total. The molecular formula is C19H26N6O2. The van der Waals surface area contributed by atoms with Crippen molar-refractivity contribution in [3.05, 3.63) is 36.2 Å². The van der Waals surface area contributed by atoms with Crippen molar-refractivity contribution in [3.63, 3.8) is 0 Å². The molecule has 1 aliphatic rings. The highest BCUT2D eigenvalue weighted by Gasteiger charge is 2.24. The van der Waals surface area contributed by atoms with Gasteiger partial charge in [-0.25, -0.2) is 14.8 Å². The summed E-state index contributed by atoms with van der Waals surface area (Å²) in [5.74, 6) is 1.28. The molecule has 1 aromatic carbocycles. The Bertz CT molecular complexity index is 790. The molecule has 1 aromatic heterocycles. The number of ether oxygens (including phenoxy) is 1. The standard InChI is InChI=1S/C19H26N6O2/c1-3-14-7-5-6-8-15(14)23-17-16(20)18(22-13-21-17)24-9-11-25(12-10-24)19(26)27-4-2/h5-8,13H,3-4,9-12,20H2,1-2H3,(H,21,22,23). The number of aryl methyl sites for hydroxylation is 1. The number of carbonyl (C=O) groups excluding carboxylic acids is 1. The average molecular weight is 370 g/mol. The van der Waals surface area contributed by atoms with Crippen LogP contribution in [0.25, 0.3) is 0 Å². The Labute approximate surface area is 159 Å². The third kappa shape index (κ3) is 4.21. The first kappa shape index (κ1) is 18.8. The number of rotatable bonds is 5. The number of nitrogens with one attached hydrogen (secondary N) is 1. The molecule has 0 aliphatic carbocycles. The molecule has 0 unspecified atom stereocenters. The molecule has 1 fully saturated rings. The van der Waals surface area contributed by atoms with Crippen LogP contribution in [-0.2, 0) is 11.2 Å². The number of anilines is 4. The fraction of sp³-hybridized carbons (Fsp3) is 0.421. The molecule has 8 heteroatoms. The van der Waals surface area contributed by atoms with E-state index in [-0.39, 0.29) is 6.09 Å². The molecule has 1 aliphatic heterocycles. The number of nitrogens with two attached hydrogens (primary N) is 1. The van der Waals surface area contributed by atoms with E-state index in [1.54, 1.807) is 11.8 Å². The van der Waals surface area contributed by atoms with Gasteiger partial charge in [-0.15, -0.1) is 0 Å². The predicted molar refractivity (Wildman–Crippen MR) is 106 cm³/mol. The van der Waals surface area contributed by atoms with Crippen molar-refractivity contribution in [3.8, 4) is 0 Å². The maximum Gasteiger partial charge on any atom is 0.409 e. The zero-order valence-corrected chi connectivity index (χ0v) is 15.8. The van der Waals surface area contributed by atoms with Crippen LogP contribution in [0, 0.1) is 0 Å². The minimum absolute atomic E-state index is 0.272. The van der Waals surface area contributed by atoms with E-state index in [9.17, 15) is 4.79 Å². The monoisotopic (exact) mass is 370 g/mol. The third-order valence-electron chi connectivity index (χ3n) is 4.62. The number of para-hydroxylation sites is 1. The molecular weight excluding hydrogens is 344 g/mol. The SMILES string of the molecule is CCOC(=O)N1CCN(c2ncnc(Nc3ccccc3CC)c2N)CC1. The van der Waals surface area contributed by atoms with Crippen molar-refractivity contribution in [1.82, 2.24) is 14.9 Å². The fourth-order valence-corrected chi connectivity index (χ4v) is 3.13. The number of aromatic nitrogens is 2. The first-order chi connectivity index (χ1) is 13.1. The molecule has 1 saturated heterocycles. The summed E-state index contributed by atoms with van der Waals surface area (Å²) in [7, 11) is 0. The Balaban J connectivity index is 1.73. The number of carbonyl (C=O) groups is 1. The van der Waals surface area contributed by atoms with Crippen LogP contribution in [0.15, 0.2) is 30.6 Å². The number of hydrogen-bond donors (Lipinski definition) is 2. The van der Waals surface area contributed by atoms with Gasteiger partial charge in [0, 0.05) is 31.9 Å². The summed E-state index contributed by atoms with van der Waals surface area (Å²) in [6.45, 7) is 6.73. The summed E-state index contributed by atoms with van der Waals surface area (Å²) in [5.41, 5.74) is 9.05. The molecule has 2 aromatic rings. The van der Waals surface area contributed by atoms with Gasteiger partial charge in [0.1, 0.15) is 12.0 Å². The molecule has 8 nitrogen and oxygen atoms in total. The zero-order chi connectivity index (χ0) is 19.2. The Morgan fingerprint density at radius 1 is 1.19 bits per heavy atom. The second-order valence-electron chi connectivity index (χ2n) is 6.27. The highest BCUT2D eigenvalue weighted by molar-refractivity contribution is 5.79. The lowest BCUT2D eigenvalue weighted by molar-refractivity contribution is 0.105. The van der Waals surface area contributed by atoms with Crippen molar-refractivity contribution >= 4 is 29.1 Å². The summed E-state index contributed by atoms with van der Waals surface area (Å²) in [6, 6.07) is 8.09. The fourth-order valence-electron chi connectivity index (χ4n) is 3.13. The average Bonchev–Trinajstić information content (AvgIpc) is 2.70. The summed E-state index contributed by atoms with van der Waals surface area (Å²) in [4.78, 5) is 24.3. The third-order valence-corrected chi connectivity index (χ3v) is 4.62. The van der Waals surface area contributed by atoms with Gasteiger partial charge in [0.25, 0.3) is 0 Å². The van der Waals surface area contributed by atoms with Gasteiger partial charge in [-0.05, 0) is 25.0 Å². The maximum atomic E-state index is 11.9. The molecule has 0 radical (unpaired) electrons. The molecule has 1 amide bonds. The molecule has 2 heterocycles. The van der Waals surface area contributed by atoms with Crippen molar-refractivity contribution in [2.75, 3.05) is 48.7 Å². The van der Waals surface area contributed by atoms with Crippen LogP contribution in [0.5, 0.6) is 0 Å². The Morgan fingerprint density at radius 2 is 1.93 bits per heavy atom. The van der Waals surface area contributed by atoms with Crippen LogP contribution in [0.3, 0.4) is 0 Å². The second kappa shape index (κ2) is 8.57. The van der Waals surface area contributed by atoms with E-state index in [0.29, 0.717) is 50.1 Å². The first-order valence-electron chi connectivity index (χ1n) is 9.26. The second-order valence-corrected chi connectivity index (χ2v) is 6.27. The normalized spacial score (nSPS) is 14.1. The largest absolute Gasteiger partial charge is 0.450 e. The molecule has 3 rings (SSSR count). The van der Waals surface area contributed by atoms with Crippen LogP contribution < -0.4 is 16.0 Å². The van der Waals surface area contributed by atoms with E-state index in [1.807, 2.05) is 18.2 Å². The van der Waals surface area contributed by atoms with E-state index in [4.69, 9.17) is 10.5 Å². The number of piperazine rings is 1. The van der Waals surface area contributed by atoms with Crippen molar-refractivity contribution in [2.24, 2.45) is 0 Å². The van der Waals surface area contributed by atoms with Gasteiger partial charge >= 0.3 is 6.09 Å². The number of amides is 1. The van der Waals surface area contributed by atoms with Crippen LogP contribution >= 0.6 is 0 Å². The van der Waals surface area contributed by atoms with E-state index >= 15 is 0 Å². The van der Waals surface area contributed by atoms with Gasteiger partial charge in [-0.3, -0.25) is 0 Å². The number of nitrogen functional groups attached to an aromatic ring is 1. The number of benzene rings is 1. The smallest absolute Gasteiger partial charge is 0.409 e. The Hall–Kier alpha value is -3.03. The summed E-state index contributed by atoms with van der Waals surface area (Å²) >= 11 is 0. The van der Waals surface area contributed by atoms with Crippen LogP contribution in [0.4, 0.5) is 27.8 Å². The van der Waals surface area contributed by atoms with Gasteiger partial charge < -0.3 is 25.6 Å². The predicted octanol–water partition coefficient (Wildman–Crippen LogP) is 2.64. The lowest BCUT2D eigenvalue weighted by Gasteiger charge is -2.35. The van der Waals surface area contributed by atoms with Crippen LogP contribution in [-0.4, -0.2) is 53.7 Å². The van der Waals surface area contributed by atoms with Crippen LogP contribution in [0.1, 0.15) is 19.4 Å². The van der Waals surface area contributed by atoms with Gasteiger partial charge in [0.05, 0.1) is 6.61 Å². The molecule has 144 valence electrons. The Morgan fingerprint density at radius 3 is 2.63 bits per heavy atom. The van der Waals surface area contributed by atoms with E-state index in [1.165, 1.54) is 11.9 Å². The molecule has 0 saturated carbocycles. The minimum Gasteiger partial charge on any atom is -0.450 e. The van der Waals surface area contributed by atoms with E-state index in [2.05, 4.69) is 33.2 Å². The van der Waals surface area contributed by atoms with Crippen LogP contribution in [0.2, 0.25) is 0 Å². The highest BCUT2D eigenvalue weighted by atomic mass is 16.6. The first-order valence-corrected chi connectivity index (χ1v) is 9.26. The minimum atomic E-state index is -0.272. The van der Waals surface area contributed by atoms with Gasteiger partial charge in [0.2, 0.25) is 0 Å². The highest BCUT2D eigenvalue weighted by Crippen LogP contribution is 2.30. The van der Waals surface area contributed by atoms with Crippen molar-refractivity contribution < 1.29 is 9.53 Å². The van der Waals surface area contributed by atoms with E-state index < -0.39 is 0 Å². The molecule has 0 spiro atoms. The number of hydrogen-bond acceptors (Lipinski definition) is 7. The van der Waals surface area contributed by atoms with Gasteiger partial charge in [0.15, 0.2) is 11.6 Å². The summed E-state index contributed by atoms with van der Waals surface area (Å²) < 4.78 is 5.06. The molecule has 27 heavy (non-hydrogen) atoms. The topological polar surface area (TPSA) is 96.6 Å². The van der Waals surface area contributed by atoms with Gasteiger partial charge in [-0.2, -0.15) is 0 Å². The number of nitrogens with zero attached hydrogens (tertiary/aromatic N) is 4. The Kier molecular flexibility index (Phi) is 5.95. The summed E-state index contributed by atoms with van der Waals surface area (Å²) in [5, 5.41) is 3.33. The maximum absolute atomic E-state index is 11.9. The molecule has 0 atom stereocenters. The lowest BCUT2D eigenvalue weighted by Crippen LogP contribution is -2.49.